The van der Waals surface area contributed by atoms with E-state index in [4.69, 9.17) is 15.6 Å². The molecule has 10 nitrogen and oxygen atoms in total. The van der Waals surface area contributed by atoms with Crippen molar-refractivity contribution in [2.75, 3.05) is 17.7 Å². The summed E-state index contributed by atoms with van der Waals surface area (Å²) >= 11 is 1.43. The van der Waals surface area contributed by atoms with Crippen LogP contribution >= 0.6 is 11.3 Å². The minimum atomic E-state index is -3.75. The number of primary sulfonamides is 1. The van der Waals surface area contributed by atoms with Gasteiger partial charge in [0.1, 0.15) is 5.75 Å². The Morgan fingerprint density at radius 3 is 2.62 bits per heavy atom. The Labute approximate surface area is 189 Å². The summed E-state index contributed by atoms with van der Waals surface area (Å²) < 4.78 is 31.0. The number of anilines is 3. The Morgan fingerprint density at radius 2 is 1.91 bits per heavy atom. The van der Waals surface area contributed by atoms with Gasteiger partial charge in [-0.05, 0) is 48.9 Å². The summed E-state index contributed by atoms with van der Waals surface area (Å²) in [5.74, 6) is 1.23. The first kappa shape index (κ1) is 22.0. The molecule has 0 bridgehead atoms. The molecule has 2 heterocycles. The van der Waals surface area contributed by atoms with E-state index in [2.05, 4.69) is 27.3 Å². The smallest absolute Gasteiger partial charge is 0.248 e. The van der Waals surface area contributed by atoms with Crippen molar-refractivity contribution in [3.05, 3.63) is 42.5 Å². The number of sulfonamides is 1. The Morgan fingerprint density at radius 1 is 1.12 bits per heavy atom. The highest BCUT2D eigenvalue weighted by molar-refractivity contribution is 7.89. The minimum Gasteiger partial charge on any atom is -0.494 e. The van der Waals surface area contributed by atoms with Gasteiger partial charge in [0.2, 0.25) is 27.1 Å². The summed E-state index contributed by atoms with van der Waals surface area (Å²) in [6, 6.07) is 11.7. The van der Waals surface area contributed by atoms with E-state index in [0.717, 1.165) is 35.2 Å². The molecule has 4 aromatic rings. The van der Waals surface area contributed by atoms with Crippen molar-refractivity contribution in [3.8, 4) is 10.9 Å². The molecule has 0 fully saturated rings. The van der Waals surface area contributed by atoms with Gasteiger partial charge in [0.05, 0.1) is 21.7 Å². The number of fused-ring (bicyclic) bond motifs is 1. The molecule has 2 aromatic heterocycles. The van der Waals surface area contributed by atoms with E-state index in [1.807, 2.05) is 18.2 Å². The summed E-state index contributed by atoms with van der Waals surface area (Å²) in [7, 11) is -3.75. The van der Waals surface area contributed by atoms with E-state index in [0.29, 0.717) is 17.4 Å². The Balaban J connectivity index is 1.51. The molecule has 0 atom stereocenters. The van der Waals surface area contributed by atoms with Crippen molar-refractivity contribution in [2.45, 2.75) is 31.1 Å². The largest absolute Gasteiger partial charge is 0.494 e. The van der Waals surface area contributed by atoms with Crippen molar-refractivity contribution in [1.29, 1.82) is 0 Å². The fourth-order valence-corrected chi connectivity index (χ4v) is 4.46. The quantitative estimate of drug-likeness (QED) is 0.313. The maximum absolute atomic E-state index is 11.4. The van der Waals surface area contributed by atoms with Gasteiger partial charge in [0.25, 0.3) is 0 Å². The molecule has 4 rings (SSSR count). The van der Waals surface area contributed by atoms with Crippen LogP contribution in [0.1, 0.15) is 26.2 Å². The number of hydrogen-bond donors (Lipinski definition) is 3. The van der Waals surface area contributed by atoms with Crippen LogP contribution in [0.2, 0.25) is 0 Å². The summed E-state index contributed by atoms with van der Waals surface area (Å²) in [6.07, 6.45) is 3.32. The molecule has 0 saturated heterocycles. The number of nitrogens with zero attached hydrogens (tertiary/aromatic N) is 4. The molecule has 0 aliphatic rings. The van der Waals surface area contributed by atoms with Gasteiger partial charge in [-0.3, -0.25) is 0 Å². The fraction of sp³-hybridized carbons (Fsp3) is 0.250. The molecule has 0 amide bonds. The number of ether oxygens (including phenoxy) is 1. The lowest BCUT2D eigenvalue weighted by atomic mass is 10.3. The molecule has 0 unspecified atom stereocenters. The Kier molecular flexibility index (Phi) is 6.26. The van der Waals surface area contributed by atoms with Crippen LogP contribution in [0.25, 0.3) is 15.3 Å². The second kappa shape index (κ2) is 9.10. The molecule has 32 heavy (non-hydrogen) atoms. The number of nitrogens with two attached hydrogens (primary N) is 2. The lowest BCUT2D eigenvalue weighted by molar-refractivity contribution is 0.306. The van der Waals surface area contributed by atoms with Crippen molar-refractivity contribution < 1.29 is 13.2 Å². The molecule has 0 aliphatic carbocycles. The van der Waals surface area contributed by atoms with Crippen LogP contribution in [-0.4, -0.2) is 34.8 Å². The zero-order valence-electron chi connectivity index (χ0n) is 17.4. The predicted molar refractivity (Wildman–Crippen MR) is 125 cm³/mol. The van der Waals surface area contributed by atoms with Crippen molar-refractivity contribution in [2.24, 2.45) is 5.14 Å². The first-order valence-electron chi connectivity index (χ1n) is 9.99. The molecule has 0 saturated carbocycles. The molecule has 12 heteroatoms. The van der Waals surface area contributed by atoms with Crippen LogP contribution < -0.4 is 20.9 Å². The molecular formula is C20H23N7O3S2. The summed E-state index contributed by atoms with van der Waals surface area (Å²) in [6.45, 7) is 2.85. The van der Waals surface area contributed by atoms with E-state index in [-0.39, 0.29) is 16.8 Å². The third kappa shape index (κ3) is 4.98. The molecule has 0 spiro atoms. The third-order valence-corrected chi connectivity index (χ3v) is 6.54. The van der Waals surface area contributed by atoms with Gasteiger partial charge in [-0.2, -0.15) is 9.67 Å². The summed E-state index contributed by atoms with van der Waals surface area (Å²) in [5.41, 5.74) is 7.45. The van der Waals surface area contributed by atoms with Crippen LogP contribution in [-0.2, 0) is 10.0 Å². The van der Waals surface area contributed by atoms with Crippen LogP contribution in [0.5, 0.6) is 5.75 Å². The van der Waals surface area contributed by atoms with Crippen LogP contribution in [0.4, 0.5) is 17.6 Å². The number of thiazole rings is 1. The number of rotatable bonds is 9. The second-order valence-corrected chi connectivity index (χ2v) is 9.65. The number of aromatic nitrogens is 4. The third-order valence-electron chi connectivity index (χ3n) is 4.62. The topological polar surface area (TPSA) is 151 Å². The lowest BCUT2D eigenvalue weighted by Crippen LogP contribution is -2.11. The molecule has 2 aromatic carbocycles. The normalized spacial score (nSPS) is 11.7. The number of nitrogen functional groups attached to an aromatic ring is 1. The first-order valence-corrected chi connectivity index (χ1v) is 12.4. The zero-order chi connectivity index (χ0) is 22.7. The van der Waals surface area contributed by atoms with Gasteiger partial charge in [0.15, 0.2) is 0 Å². The standard InChI is InChI=1S/C20H23N7O3S2/c1-2-3-4-11-30-14-7-10-16-17(12-14)31-20(24-16)27-18(21)25-19(26-27)23-13-5-8-15(9-6-13)32(22,28)29/h5-10,12H,2-4,11H2,1H3,(H2,22,28,29)(H3,21,23,25,26). The number of nitrogens with one attached hydrogen (secondary N) is 1. The highest BCUT2D eigenvalue weighted by atomic mass is 32.2. The van der Waals surface area contributed by atoms with Crippen LogP contribution in [0.15, 0.2) is 47.4 Å². The van der Waals surface area contributed by atoms with Crippen LogP contribution in [0.3, 0.4) is 0 Å². The second-order valence-electron chi connectivity index (χ2n) is 7.08. The highest BCUT2D eigenvalue weighted by Crippen LogP contribution is 2.30. The van der Waals surface area contributed by atoms with Crippen molar-refractivity contribution in [1.82, 2.24) is 19.7 Å². The van der Waals surface area contributed by atoms with Crippen molar-refractivity contribution >= 4 is 49.2 Å². The molecular weight excluding hydrogens is 450 g/mol. The average Bonchev–Trinajstić information content (AvgIpc) is 3.33. The SMILES string of the molecule is CCCCCOc1ccc2nc(-n3nc(Nc4ccc(S(N)(=O)=O)cc4)nc3N)sc2c1. The number of hydrogen-bond acceptors (Lipinski definition) is 9. The predicted octanol–water partition coefficient (Wildman–Crippen LogP) is 3.42. The molecule has 0 aliphatic heterocycles. The molecule has 168 valence electrons. The average molecular weight is 474 g/mol. The van der Waals surface area contributed by atoms with E-state index < -0.39 is 10.0 Å². The van der Waals surface area contributed by atoms with E-state index >= 15 is 0 Å². The Bertz CT molecular complexity index is 1330. The van der Waals surface area contributed by atoms with Gasteiger partial charge >= 0.3 is 0 Å². The van der Waals surface area contributed by atoms with Gasteiger partial charge in [0, 0.05) is 5.69 Å². The summed E-state index contributed by atoms with van der Waals surface area (Å²) in [5, 5.41) is 13.1. The van der Waals surface area contributed by atoms with Crippen molar-refractivity contribution in [3.63, 3.8) is 0 Å². The monoisotopic (exact) mass is 473 g/mol. The van der Waals surface area contributed by atoms with Gasteiger partial charge in [-0.1, -0.05) is 31.1 Å². The maximum atomic E-state index is 11.4. The maximum Gasteiger partial charge on any atom is 0.248 e. The van der Waals surface area contributed by atoms with Gasteiger partial charge in [-0.25, -0.2) is 18.5 Å². The van der Waals surface area contributed by atoms with E-state index in [1.165, 1.54) is 28.2 Å². The van der Waals surface area contributed by atoms with E-state index in [1.54, 1.807) is 12.1 Å². The molecule has 0 radical (unpaired) electrons. The van der Waals surface area contributed by atoms with Gasteiger partial charge in [-0.15, -0.1) is 5.10 Å². The lowest BCUT2D eigenvalue weighted by Gasteiger charge is -2.04. The summed E-state index contributed by atoms with van der Waals surface area (Å²) in [4.78, 5) is 8.82. The fourth-order valence-electron chi connectivity index (χ4n) is 2.99. The van der Waals surface area contributed by atoms with E-state index in [9.17, 15) is 8.42 Å². The molecule has 5 N–H and O–H groups in total. The highest BCUT2D eigenvalue weighted by Gasteiger charge is 2.14. The van der Waals surface area contributed by atoms with Crippen LogP contribution in [0, 0.1) is 0 Å². The number of benzene rings is 2. The zero-order valence-corrected chi connectivity index (χ0v) is 19.0. The van der Waals surface area contributed by atoms with Gasteiger partial charge < -0.3 is 15.8 Å². The Hall–Kier alpha value is -3.22. The first-order chi connectivity index (χ1) is 15.3. The minimum absolute atomic E-state index is 0.0178. The number of unbranched alkanes of at least 4 members (excludes halogenated alkanes) is 2.